The fraction of sp³-hybridized carbons (Fsp3) is 0.250. The van der Waals surface area contributed by atoms with Gasteiger partial charge in [-0.1, -0.05) is 18.7 Å². The van der Waals surface area contributed by atoms with E-state index in [0.717, 1.165) is 24.1 Å². The molecular weight excluding hydrogens is 158 g/mol. The van der Waals surface area contributed by atoms with Gasteiger partial charge in [-0.15, -0.1) is 6.58 Å². The Bertz CT molecular complexity index is 295. The molecule has 1 nitrogen and oxygen atoms in total. The Kier molecular flexibility index (Phi) is 3.44. The predicted molar refractivity (Wildman–Crippen MR) is 57.4 cm³/mol. The molecule has 0 unspecified atom stereocenters. The summed E-state index contributed by atoms with van der Waals surface area (Å²) in [5, 5.41) is 0. The molecule has 0 bridgehead atoms. The van der Waals surface area contributed by atoms with Crippen LogP contribution in [0.5, 0.6) is 0 Å². The molecule has 0 saturated carbocycles. The zero-order chi connectivity index (χ0) is 9.68. The van der Waals surface area contributed by atoms with Crippen LogP contribution in [0.2, 0.25) is 0 Å². The monoisotopic (exact) mass is 173 g/mol. The summed E-state index contributed by atoms with van der Waals surface area (Å²) >= 11 is 0. The molecule has 1 aromatic heterocycles. The number of rotatable bonds is 4. The highest BCUT2D eigenvalue weighted by atomic mass is 14.7. The third-order valence-corrected chi connectivity index (χ3v) is 1.92. The van der Waals surface area contributed by atoms with Crippen LogP contribution in [0, 0.1) is 6.92 Å². The molecule has 0 fully saturated rings. The van der Waals surface area contributed by atoms with Crippen LogP contribution in [0.1, 0.15) is 24.1 Å². The van der Waals surface area contributed by atoms with Crippen LogP contribution in [0.3, 0.4) is 0 Å². The number of hydrogen-bond acceptors (Lipinski definition) is 1. The molecular formula is C12H15N. The van der Waals surface area contributed by atoms with Gasteiger partial charge in [-0.05, 0) is 37.0 Å². The Morgan fingerprint density at radius 2 is 2.31 bits per heavy atom. The second-order valence-corrected chi connectivity index (χ2v) is 3.15. The van der Waals surface area contributed by atoms with Crippen molar-refractivity contribution in [2.45, 2.75) is 19.8 Å². The highest BCUT2D eigenvalue weighted by molar-refractivity contribution is 5.59. The third-order valence-electron chi connectivity index (χ3n) is 1.92. The topological polar surface area (TPSA) is 12.9 Å². The maximum absolute atomic E-state index is 4.30. The fourth-order valence-electron chi connectivity index (χ4n) is 1.08. The number of hydrogen-bond donors (Lipinski definition) is 0. The van der Waals surface area contributed by atoms with Crippen LogP contribution >= 0.6 is 0 Å². The van der Waals surface area contributed by atoms with E-state index in [2.05, 4.69) is 24.2 Å². The number of aryl methyl sites for hydroxylation is 1. The lowest BCUT2D eigenvalue weighted by Gasteiger charge is -2.02. The molecule has 0 saturated heterocycles. The minimum atomic E-state index is 0.944. The van der Waals surface area contributed by atoms with Crippen molar-refractivity contribution in [3.05, 3.63) is 48.8 Å². The molecule has 0 aliphatic rings. The van der Waals surface area contributed by atoms with Gasteiger partial charge in [0.05, 0.1) is 5.69 Å². The minimum absolute atomic E-state index is 0.944. The van der Waals surface area contributed by atoms with E-state index in [4.69, 9.17) is 0 Å². The van der Waals surface area contributed by atoms with E-state index in [1.807, 2.05) is 25.3 Å². The van der Waals surface area contributed by atoms with Crippen LogP contribution in [0.4, 0.5) is 0 Å². The quantitative estimate of drug-likeness (QED) is 0.636. The predicted octanol–water partition coefficient (Wildman–Crippen LogP) is 3.37. The van der Waals surface area contributed by atoms with Gasteiger partial charge in [-0.25, -0.2) is 0 Å². The first-order chi connectivity index (χ1) is 6.24. The van der Waals surface area contributed by atoms with Gasteiger partial charge < -0.3 is 0 Å². The van der Waals surface area contributed by atoms with Crippen molar-refractivity contribution in [2.24, 2.45) is 0 Å². The Morgan fingerprint density at radius 3 is 2.85 bits per heavy atom. The molecule has 0 atom stereocenters. The molecule has 0 amide bonds. The first-order valence-electron chi connectivity index (χ1n) is 4.45. The Labute approximate surface area is 79.8 Å². The molecule has 0 spiro atoms. The number of allylic oxidation sites excluding steroid dienone is 2. The Morgan fingerprint density at radius 1 is 1.54 bits per heavy atom. The van der Waals surface area contributed by atoms with E-state index in [-0.39, 0.29) is 0 Å². The van der Waals surface area contributed by atoms with E-state index in [0.29, 0.717) is 0 Å². The van der Waals surface area contributed by atoms with Gasteiger partial charge in [-0.2, -0.15) is 0 Å². The Hall–Kier alpha value is -1.37. The summed E-state index contributed by atoms with van der Waals surface area (Å²) in [5.41, 5.74) is 3.26. The van der Waals surface area contributed by atoms with E-state index in [9.17, 15) is 0 Å². The van der Waals surface area contributed by atoms with Crippen LogP contribution in [0.15, 0.2) is 37.6 Å². The molecule has 1 heteroatoms. The Balaban J connectivity index is 2.66. The van der Waals surface area contributed by atoms with E-state index < -0.39 is 0 Å². The minimum Gasteiger partial charge on any atom is -0.256 e. The van der Waals surface area contributed by atoms with Gasteiger partial charge in [0, 0.05) is 6.20 Å². The van der Waals surface area contributed by atoms with Crippen LogP contribution < -0.4 is 0 Å². The molecule has 0 aliphatic carbocycles. The largest absolute Gasteiger partial charge is 0.256 e. The van der Waals surface area contributed by atoms with Crippen LogP contribution in [0.25, 0.3) is 5.57 Å². The maximum atomic E-state index is 4.30. The fourth-order valence-corrected chi connectivity index (χ4v) is 1.08. The van der Waals surface area contributed by atoms with Gasteiger partial charge in [0.15, 0.2) is 0 Å². The lowest BCUT2D eigenvalue weighted by molar-refractivity contribution is 1.06. The normalized spacial score (nSPS) is 9.62. The number of aromatic nitrogens is 1. The first kappa shape index (κ1) is 9.72. The molecule has 68 valence electrons. The van der Waals surface area contributed by atoms with Gasteiger partial charge in [0.1, 0.15) is 0 Å². The smallest absolute Gasteiger partial charge is 0.0655 e. The molecule has 13 heavy (non-hydrogen) atoms. The van der Waals surface area contributed by atoms with Gasteiger partial charge in [0.25, 0.3) is 0 Å². The maximum Gasteiger partial charge on any atom is 0.0655 e. The highest BCUT2D eigenvalue weighted by Crippen LogP contribution is 2.15. The van der Waals surface area contributed by atoms with E-state index in [1.54, 1.807) is 0 Å². The van der Waals surface area contributed by atoms with Crippen molar-refractivity contribution < 1.29 is 0 Å². The zero-order valence-corrected chi connectivity index (χ0v) is 8.09. The second-order valence-electron chi connectivity index (χ2n) is 3.15. The molecule has 0 N–H and O–H groups in total. The number of nitrogens with zero attached hydrogens (tertiary/aromatic N) is 1. The lowest BCUT2D eigenvalue weighted by Crippen LogP contribution is -1.87. The summed E-state index contributed by atoms with van der Waals surface area (Å²) in [5.74, 6) is 0. The molecule has 1 aromatic rings. The van der Waals surface area contributed by atoms with Crippen LogP contribution in [-0.4, -0.2) is 4.98 Å². The van der Waals surface area contributed by atoms with E-state index in [1.165, 1.54) is 5.56 Å². The van der Waals surface area contributed by atoms with Gasteiger partial charge >= 0.3 is 0 Å². The molecule has 1 heterocycles. The SMILES string of the molecule is C=CCCC(=C)c1ccc(C)cn1. The van der Waals surface area contributed by atoms with Crippen molar-refractivity contribution >= 4 is 5.57 Å². The second kappa shape index (κ2) is 4.61. The standard InChI is InChI=1S/C12H15N/c1-4-5-6-11(3)12-8-7-10(2)9-13-12/h4,7-9H,1,3,5-6H2,2H3. The third kappa shape index (κ3) is 2.86. The molecule has 0 aliphatic heterocycles. The molecule has 0 aromatic carbocycles. The average molecular weight is 173 g/mol. The first-order valence-corrected chi connectivity index (χ1v) is 4.45. The summed E-state index contributed by atoms with van der Waals surface area (Å²) < 4.78 is 0. The van der Waals surface area contributed by atoms with Gasteiger partial charge in [-0.3, -0.25) is 4.98 Å². The van der Waals surface area contributed by atoms with Crippen molar-refractivity contribution in [1.82, 2.24) is 4.98 Å². The van der Waals surface area contributed by atoms with Crippen molar-refractivity contribution in [2.75, 3.05) is 0 Å². The molecule has 0 radical (unpaired) electrons. The summed E-state index contributed by atoms with van der Waals surface area (Å²) in [6, 6.07) is 4.07. The number of pyridine rings is 1. The summed E-state index contributed by atoms with van der Waals surface area (Å²) in [6.45, 7) is 9.69. The lowest BCUT2D eigenvalue weighted by atomic mass is 10.1. The molecule has 1 rings (SSSR count). The summed E-state index contributed by atoms with van der Waals surface area (Å²) in [6.07, 6.45) is 5.68. The van der Waals surface area contributed by atoms with Gasteiger partial charge in [0.2, 0.25) is 0 Å². The van der Waals surface area contributed by atoms with Crippen molar-refractivity contribution in [1.29, 1.82) is 0 Å². The average Bonchev–Trinajstić information content (AvgIpc) is 2.15. The van der Waals surface area contributed by atoms with Crippen LogP contribution in [-0.2, 0) is 0 Å². The van der Waals surface area contributed by atoms with Crippen molar-refractivity contribution in [3.63, 3.8) is 0 Å². The highest BCUT2D eigenvalue weighted by Gasteiger charge is 1.98. The van der Waals surface area contributed by atoms with Crippen molar-refractivity contribution in [3.8, 4) is 0 Å². The summed E-state index contributed by atoms with van der Waals surface area (Å²) in [4.78, 5) is 4.30. The summed E-state index contributed by atoms with van der Waals surface area (Å²) in [7, 11) is 0. The zero-order valence-electron chi connectivity index (χ0n) is 8.09. The van der Waals surface area contributed by atoms with E-state index >= 15 is 0 Å².